The number of carboxylic acid groups (broad SMARTS) is 1. The Bertz CT molecular complexity index is 966. The number of hydrogen-bond donors (Lipinski definition) is 6. The topological polar surface area (TPSA) is 205 Å². The molecule has 1 aliphatic heterocycles. The first-order valence-electron chi connectivity index (χ1n) is 11.8. The summed E-state index contributed by atoms with van der Waals surface area (Å²) in [7, 11) is 0. The second kappa shape index (κ2) is 12.9. The molecule has 0 aliphatic carbocycles. The number of carbonyl (C=O) groups excluding carboxylic acids is 4. The van der Waals surface area contributed by atoms with Crippen molar-refractivity contribution in [2.75, 3.05) is 6.54 Å². The van der Waals surface area contributed by atoms with Gasteiger partial charge in [0.05, 0.1) is 12.5 Å². The van der Waals surface area contributed by atoms with Gasteiger partial charge < -0.3 is 37.2 Å². The lowest BCUT2D eigenvalue weighted by molar-refractivity contribution is -0.146. The van der Waals surface area contributed by atoms with E-state index in [9.17, 15) is 34.2 Å². The summed E-state index contributed by atoms with van der Waals surface area (Å²) < 4.78 is 0. The van der Waals surface area contributed by atoms with E-state index in [-0.39, 0.29) is 24.6 Å². The number of rotatable bonds is 12. The lowest BCUT2D eigenvalue weighted by atomic mass is 10.0. The van der Waals surface area contributed by atoms with E-state index in [2.05, 4.69) is 10.6 Å². The molecule has 1 aliphatic rings. The van der Waals surface area contributed by atoms with Gasteiger partial charge >= 0.3 is 5.97 Å². The Morgan fingerprint density at radius 3 is 2.28 bits per heavy atom. The van der Waals surface area contributed by atoms with Gasteiger partial charge in [-0.2, -0.15) is 0 Å². The Balaban J connectivity index is 2.10. The summed E-state index contributed by atoms with van der Waals surface area (Å²) >= 11 is 0. The number of aliphatic carboxylic acids is 1. The standard InChI is InChI=1S/C24H35N5O7/c1-13(2)10-17(27-21(32)16(25)11-14-5-7-15(30)8-6-14)23(34)29-9-3-4-19(29)22(33)28-18(24(35)36)12-20(26)31/h5-8,13,16-19,30H,3-4,9-12,25H2,1-2H3,(H2,26,31)(H,27,32)(H,28,33)(H,35,36). The third kappa shape index (κ3) is 8.22. The molecule has 36 heavy (non-hydrogen) atoms. The average Bonchev–Trinajstić information content (AvgIpc) is 3.28. The van der Waals surface area contributed by atoms with E-state index in [0.29, 0.717) is 19.3 Å². The van der Waals surface area contributed by atoms with Crippen LogP contribution >= 0.6 is 0 Å². The molecular weight excluding hydrogens is 470 g/mol. The van der Waals surface area contributed by atoms with Gasteiger partial charge in [0.25, 0.3) is 0 Å². The monoisotopic (exact) mass is 505 g/mol. The minimum atomic E-state index is -1.50. The third-order valence-electron chi connectivity index (χ3n) is 5.91. The highest BCUT2D eigenvalue weighted by molar-refractivity contribution is 5.95. The van der Waals surface area contributed by atoms with Crippen molar-refractivity contribution in [2.45, 2.75) is 70.1 Å². The van der Waals surface area contributed by atoms with Crippen molar-refractivity contribution < 1.29 is 34.2 Å². The summed E-state index contributed by atoms with van der Waals surface area (Å²) in [5, 5.41) is 23.7. The van der Waals surface area contributed by atoms with Crippen LogP contribution in [0.2, 0.25) is 0 Å². The second-order valence-corrected chi connectivity index (χ2v) is 9.43. The van der Waals surface area contributed by atoms with E-state index in [0.717, 1.165) is 5.56 Å². The number of aromatic hydroxyl groups is 1. The van der Waals surface area contributed by atoms with Crippen LogP contribution in [0, 0.1) is 5.92 Å². The Morgan fingerprint density at radius 2 is 1.72 bits per heavy atom. The molecule has 12 heteroatoms. The maximum absolute atomic E-state index is 13.4. The number of carbonyl (C=O) groups is 5. The number of benzene rings is 1. The molecular formula is C24H35N5O7. The summed E-state index contributed by atoms with van der Waals surface area (Å²) in [6.07, 6.45) is 0.747. The fourth-order valence-corrected chi connectivity index (χ4v) is 4.12. The minimum absolute atomic E-state index is 0.0365. The molecule has 1 fully saturated rings. The normalized spacial score (nSPS) is 17.8. The van der Waals surface area contributed by atoms with Crippen molar-refractivity contribution in [3.8, 4) is 5.75 Å². The summed E-state index contributed by atoms with van der Waals surface area (Å²) in [5.41, 5.74) is 11.9. The molecule has 8 N–H and O–H groups in total. The second-order valence-electron chi connectivity index (χ2n) is 9.43. The van der Waals surface area contributed by atoms with Gasteiger partial charge in [-0.15, -0.1) is 0 Å². The number of primary amides is 1. The van der Waals surface area contributed by atoms with Gasteiger partial charge in [0, 0.05) is 6.54 Å². The molecule has 4 atom stereocenters. The predicted molar refractivity (Wildman–Crippen MR) is 129 cm³/mol. The van der Waals surface area contributed by atoms with Crippen molar-refractivity contribution >= 4 is 29.6 Å². The molecule has 1 aromatic rings. The third-order valence-corrected chi connectivity index (χ3v) is 5.91. The molecule has 4 amide bonds. The smallest absolute Gasteiger partial charge is 0.326 e. The zero-order valence-electron chi connectivity index (χ0n) is 20.5. The Hall–Kier alpha value is -3.67. The van der Waals surface area contributed by atoms with Crippen molar-refractivity contribution in [2.24, 2.45) is 17.4 Å². The number of phenols is 1. The number of carboxylic acids is 1. The van der Waals surface area contributed by atoms with Crippen LogP contribution in [0.5, 0.6) is 5.75 Å². The van der Waals surface area contributed by atoms with Crippen LogP contribution in [0.3, 0.4) is 0 Å². The van der Waals surface area contributed by atoms with Crippen molar-refractivity contribution in [1.82, 2.24) is 15.5 Å². The SMILES string of the molecule is CC(C)CC(NC(=O)C(N)Cc1ccc(O)cc1)C(=O)N1CCCC1C(=O)NC(CC(N)=O)C(=O)O. The van der Waals surface area contributed by atoms with Gasteiger partial charge in [0.2, 0.25) is 23.6 Å². The molecule has 0 aromatic heterocycles. The van der Waals surface area contributed by atoms with Crippen molar-refractivity contribution in [1.29, 1.82) is 0 Å². The van der Waals surface area contributed by atoms with Crippen LogP contribution in [0.25, 0.3) is 0 Å². The van der Waals surface area contributed by atoms with Crippen LogP contribution in [-0.2, 0) is 30.4 Å². The van der Waals surface area contributed by atoms with Crippen molar-refractivity contribution in [3.05, 3.63) is 29.8 Å². The molecule has 0 spiro atoms. The van der Waals surface area contributed by atoms with Gasteiger partial charge in [0.1, 0.15) is 23.9 Å². The molecule has 4 unspecified atom stereocenters. The van der Waals surface area contributed by atoms with E-state index in [1.807, 2.05) is 13.8 Å². The zero-order chi connectivity index (χ0) is 27.0. The quantitative estimate of drug-likeness (QED) is 0.212. The largest absolute Gasteiger partial charge is 0.508 e. The number of nitrogens with zero attached hydrogens (tertiary/aromatic N) is 1. The van der Waals surface area contributed by atoms with E-state index in [1.54, 1.807) is 12.1 Å². The summed E-state index contributed by atoms with van der Waals surface area (Å²) in [6, 6.07) is 1.95. The molecule has 1 aromatic carbocycles. The molecule has 2 rings (SSSR count). The fourth-order valence-electron chi connectivity index (χ4n) is 4.12. The highest BCUT2D eigenvalue weighted by atomic mass is 16.4. The minimum Gasteiger partial charge on any atom is -0.508 e. The number of amides is 4. The summed E-state index contributed by atoms with van der Waals surface area (Å²) in [5.74, 6) is -3.87. The average molecular weight is 506 g/mol. The molecule has 0 saturated carbocycles. The van der Waals surface area contributed by atoms with Gasteiger partial charge in [-0.3, -0.25) is 19.2 Å². The lowest BCUT2D eigenvalue weighted by Gasteiger charge is -2.30. The van der Waals surface area contributed by atoms with Crippen LogP contribution in [0.4, 0.5) is 0 Å². The Morgan fingerprint density at radius 1 is 1.08 bits per heavy atom. The van der Waals surface area contributed by atoms with Crippen LogP contribution in [0.1, 0.15) is 45.1 Å². The highest BCUT2D eigenvalue weighted by Gasteiger charge is 2.39. The molecule has 0 bridgehead atoms. The van der Waals surface area contributed by atoms with Gasteiger partial charge in [-0.05, 0) is 49.3 Å². The first kappa shape index (κ1) is 28.6. The maximum Gasteiger partial charge on any atom is 0.326 e. The van der Waals surface area contributed by atoms with Crippen molar-refractivity contribution in [3.63, 3.8) is 0 Å². The van der Waals surface area contributed by atoms with Crippen LogP contribution in [-0.4, -0.2) is 75.4 Å². The lowest BCUT2D eigenvalue weighted by Crippen LogP contribution is -2.57. The molecule has 1 saturated heterocycles. The van der Waals surface area contributed by atoms with Gasteiger partial charge in [0.15, 0.2) is 0 Å². The number of nitrogens with one attached hydrogen (secondary N) is 2. The highest BCUT2D eigenvalue weighted by Crippen LogP contribution is 2.21. The number of phenolic OH excluding ortho intramolecular Hbond substituents is 1. The van der Waals surface area contributed by atoms with Crippen LogP contribution in [0.15, 0.2) is 24.3 Å². The van der Waals surface area contributed by atoms with Gasteiger partial charge in [-0.1, -0.05) is 26.0 Å². The summed E-state index contributed by atoms with van der Waals surface area (Å²) in [6.45, 7) is 4.03. The van der Waals surface area contributed by atoms with E-state index in [1.165, 1.54) is 17.0 Å². The maximum atomic E-state index is 13.4. The Labute approximate surface area is 209 Å². The Kier molecular flexibility index (Phi) is 10.2. The number of likely N-dealkylation sites (tertiary alicyclic amines) is 1. The number of nitrogens with two attached hydrogens (primary N) is 2. The fraction of sp³-hybridized carbons (Fsp3) is 0.542. The number of hydrogen-bond acceptors (Lipinski definition) is 7. The summed E-state index contributed by atoms with van der Waals surface area (Å²) in [4.78, 5) is 62.9. The molecule has 1 heterocycles. The van der Waals surface area contributed by atoms with E-state index < -0.39 is 60.2 Å². The van der Waals surface area contributed by atoms with Crippen LogP contribution < -0.4 is 22.1 Å². The first-order chi connectivity index (χ1) is 16.9. The predicted octanol–water partition coefficient (Wildman–Crippen LogP) is -0.771. The molecule has 198 valence electrons. The molecule has 0 radical (unpaired) electrons. The molecule has 12 nitrogen and oxygen atoms in total. The van der Waals surface area contributed by atoms with E-state index >= 15 is 0 Å². The van der Waals surface area contributed by atoms with E-state index in [4.69, 9.17) is 11.5 Å². The first-order valence-corrected chi connectivity index (χ1v) is 11.8. The van der Waals surface area contributed by atoms with Gasteiger partial charge in [-0.25, -0.2) is 4.79 Å². The zero-order valence-corrected chi connectivity index (χ0v) is 20.5.